The Balaban J connectivity index is 3.47. The van der Waals surface area contributed by atoms with Crippen LogP contribution in [0.15, 0.2) is 12.1 Å². The lowest BCUT2D eigenvalue weighted by Gasteiger charge is -2.07. The molecule has 0 aliphatic rings. The Morgan fingerprint density at radius 2 is 1.85 bits per heavy atom. The normalized spacial score (nSPS) is 9.85. The Bertz CT molecular complexity index is 611. The molecule has 11 nitrogen and oxygen atoms in total. The molecule has 0 unspecified atom stereocenters. The first-order valence-corrected chi connectivity index (χ1v) is 4.88. The van der Waals surface area contributed by atoms with Gasteiger partial charge in [-0.2, -0.15) is 0 Å². The number of nitrogens with two attached hydrogens (primary N) is 1. The number of nitro benzene ring substituents is 2. The Labute approximate surface area is 109 Å². The van der Waals surface area contributed by atoms with Gasteiger partial charge in [0, 0.05) is 18.2 Å². The number of aliphatic carboxylic acids is 1. The molecular formula is C9H7N3O8. The van der Waals surface area contributed by atoms with Crippen molar-refractivity contribution in [3.8, 4) is 5.75 Å². The summed E-state index contributed by atoms with van der Waals surface area (Å²) in [4.78, 5) is 40.8. The summed E-state index contributed by atoms with van der Waals surface area (Å²) in [5, 5.41) is 29.8. The van der Waals surface area contributed by atoms with Crippen molar-refractivity contribution in [2.75, 3.05) is 0 Å². The number of carboxylic acids is 1. The Morgan fingerprint density at radius 1 is 1.25 bits per heavy atom. The van der Waals surface area contributed by atoms with E-state index in [2.05, 4.69) is 4.74 Å². The number of ether oxygens (including phenoxy) is 1. The number of carboxylic acid groups (broad SMARTS) is 1. The maximum Gasteiger partial charge on any atom is 0.422 e. The number of hydrogen-bond donors (Lipinski definition) is 2. The number of nitrogens with zero attached hydrogens (tertiary/aromatic N) is 2. The van der Waals surface area contributed by atoms with Gasteiger partial charge in [-0.1, -0.05) is 0 Å². The van der Waals surface area contributed by atoms with Gasteiger partial charge in [0.1, 0.15) is 0 Å². The maximum atomic E-state index is 11.0. The number of rotatable bonds is 4. The number of nitro groups is 2. The SMILES string of the molecule is NCc1cc([N+](=O)[O-])cc([N+](=O)[O-])c1OC(=O)C(=O)O. The van der Waals surface area contributed by atoms with Crippen molar-refractivity contribution in [1.29, 1.82) is 0 Å². The van der Waals surface area contributed by atoms with E-state index in [4.69, 9.17) is 10.8 Å². The van der Waals surface area contributed by atoms with Crippen molar-refractivity contribution in [2.24, 2.45) is 5.73 Å². The highest BCUT2D eigenvalue weighted by atomic mass is 16.6. The summed E-state index contributed by atoms with van der Waals surface area (Å²) < 4.78 is 4.34. The standard InChI is InChI=1S/C9H7N3O8/c10-3-4-1-5(11(16)17)2-6(12(18)19)7(4)20-9(15)8(13)14/h1-2H,3,10H2,(H,13,14). The van der Waals surface area contributed by atoms with E-state index in [0.717, 1.165) is 6.07 Å². The maximum absolute atomic E-state index is 11.0. The van der Waals surface area contributed by atoms with Crippen LogP contribution in [0.5, 0.6) is 5.75 Å². The van der Waals surface area contributed by atoms with Crippen LogP contribution in [-0.4, -0.2) is 26.9 Å². The number of benzene rings is 1. The van der Waals surface area contributed by atoms with Gasteiger partial charge < -0.3 is 15.6 Å². The average Bonchev–Trinajstić information content (AvgIpc) is 2.37. The van der Waals surface area contributed by atoms with Crippen LogP contribution in [0.3, 0.4) is 0 Å². The second-order valence-electron chi connectivity index (χ2n) is 3.37. The highest BCUT2D eigenvalue weighted by Crippen LogP contribution is 2.35. The molecule has 0 atom stereocenters. The van der Waals surface area contributed by atoms with E-state index >= 15 is 0 Å². The molecule has 20 heavy (non-hydrogen) atoms. The van der Waals surface area contributed by atoms with E-state index in [1.807, 2.05) is 0 Å². The first-order chi connectivity index (χ1) is 9.27. The highest BCUT2D eigenvalue weighted by Gasteiger charge is 2.28. The Morgan fingerprint density at radius 3 is 2.25 bits per heavy atom. The minimum absolute atomic E-state index is 0.236. The zero-order valence-corrected chi connectivity index (χ0v) is 9.64. The Kier molecular flexibility index (Phi) is 4.27. The lowest BCUT2D eigenvalue weighted by Crippen LogP contribution is -2.21. The summed E-state index contributed by atoms with van der Waals surface area (Å²) in [6, 6.07) is 1.40. The van der Waals surface area contributed by atoms with Gasteiger partial charge in [0.05, 0.1) is 15.9 Å². The third kappa shape index (κ3) is 3.02. The summed E-state index contributed by atoms with van der Waals surface area (Å²) in [5.41, 5.74) is 3.47. The lowest BCUT2D eigenvalue weighted by molar-refractivity contribution is -0.394. The zero-order chi connectivity index (χ0) is 15.4. The summed E-state index contributed by atoms with van der Waals surface area (Å²) in [6.45, 7) is -0.426. The number of non-ortho nitro benzene ring substituents is 1. The predicted octanol–water partition coefficient (Wildman–Crippen LogP) is -0.0483. The fourth-order valence-corrected chi connectivity index (χ4v) is 1.30. The summed E-state index contributed by atoms with van der Waals surface area (Å²) in [7, 11) is 0. The fraction of sp³-hybridized carbons (Fsp3) is 0.111. The van der Waals surface area contributed by atoms with E-state index < -0.39 is 45.5 Å². The molecule has 11 heteroatoms. The van der Waals surface area contributed by atoms with Crippen molar-refractivity contribution in [1.82, 2.24) is 0 Å². The molecular weight excluding hydrogens is 278 g/mol. The van der Waals surface area contributed by atoms with Gasteiger partial charge >= 0.3 is 17.6 Å². The molecule has 106 valence electrons. The molecule has 1 aromatic carbocycles. The van der Waals surface area contributed by atoms with Crippen LogP contribution in [0, 0.1) is 20.2 Å². The van der Waals surface area contributed by atoms with Crippen molar-refractivity contribution >= 4 is 23.3 Å². The van der Waals surface area contributed by atoms with Crippen LogP contribution in [-0.2, 0) is 16.1 Å². The van der Waals surface area contributed by atoms with Crippen LogP contribution in [0.4, 0.5) is 11.4 Å². The number of carbonyl (C=O) groups excluding carboxylic acids is 1. The van der Waals surface area contributed by atoms with Crippen LogP contribution >= 0.6 is 0 Å². The summed E-state index contributed by atoms with van der Waals surface area (Å²) in [6.07, 6.45) is 0. The predicted molar refractivity (Wildman–Crippen MR) is 60.9 cm³/mol. The quantitative estimate of drug-likeness (QED) is 0.252. The third-order valence-corrected chi connectivity index (χ3v) is 2.13. The molecule has 3 N–H and O–H groups in total. The number of hydrogen-bond acceptors (Lipinski definition) is 8. The van der Waals surface area contributed by atoms with Gasteiger partial charge in [-0.3, -0.25) is 20.2 Å². The minimum Gasteiger partial charge on any atom is -0.473 e. The van der Waals surface area contributed by atoms with Gasteiger partial charge in [-0.05, 0) is 0 Å². The smallest absolute Gasteiger partial charge is 0.422 e. The second kappa shape index (κ2) is 5.71. The monoisotopic (exact) mass is 285 g/mol. The number of esters is 1. The Hall–Kier alpha value is -3.08. The second-order valence-corrected chi connectivity index (χ2v) is 3.37. The first-order valence-electron chi connectivity index (χ1n) is 4.88. The molecule has 1 rings (SSSR count). The van der Waals surface area contributed by atoms with Crippen molar-refractivity contribution in [3.05, 3.63) is 37.9 Å². The zero-order valence-electron chi connectivity index (χ0n) is 9.64. The van der Waals surface area contributed by atoms with Gasteiger partial charge in [0.2, 0.25) is 5.75 Å². The molecule has 0 heterocycles. The van der Waals surface area contributed by atoms with Crippen molar-refractivity contribution in [3.63, 3.8) is 0 Å². The molecule has 0 radical (unpaired) electrons. The molecule has 0 fully saturated rings. The van der Waals surface area contributed by atoms with Gasteiger partial charge in [0.25, 0.3) is 5.69 Å². The average molecular weight is 285 g/mol. The van der Waals surface area contributed by atoms with E-state index in [0.29, 0.717) is 6.07 Å². The highest BCUT2D eigenvalue weighted by molar-refractivity contribution is 6.29. The van der Waals surface area contributed by atoms with E-state index in [1.165, 1.54) is 0 Å². The van der Waals surface area contributed by atoms with Crippen LogP contribution < -0.4 is 10.5 Å². The van der Waals surface area contributed by atoms with E-state index in [1.54, 1.807) is 0 Å². The minimum atomic E-state index is -1.97. The van der Waals surface area contributed by atoms with Gasteiger partial charge in [-0.15, -0.1) is 0 Å². The molecule has 0 saturated heterocycles. The lowest BCUT2D eigenvalue weighted by atomic mass is 10.1. The topological polar surface area (TPSA) is 176 Å². The van der Waals surface area contributed by atoms with Crippen LogP contribution in [0.2, 0.25) is 0 Å². The molecule has 0 aromatic heterocycles. The summed E-state index contributed by atoms with van der Waals surface area (Å²) >= 11 is 0. The van der Waals surface area contributed by atoms with E-state index in [-0.39, 0.29) is 5.56 Å². The van der Waals surface area contributed by atoms with Crippen molar-refractivity contribution < 1.29 is 29.3 Å². The van der Waals surface area contributed by atoms with Gasteiger partial charge in [0.15, 0.2) is 0 Å². The molecule has 0 bridgehead atoms. The van der Waals surface area contributed by atoms with Crippen LogP contribution in [0.25, 0.3) is 0 Å². The fourth-order valence-electron chi connectivity index (χ4n) is 1.30. The van der Waals surface area contributed by atoms with E-state index in [9.17, 15) is 29.8 Å². The first kappa shape index (κ1) is 15.0. The molecule has 0 amide bonds. The molecule has 0 saturated carbocycles. The molecule has 0 aliphatic heterocycles. The molecule has 1 aromatic rings. The number of carbonyl (C=O) groups is 2. The summed E-state index contributed by atoms with van der Waals surface area (Å²) in [5.74, 6) is -4.47. The molecule has 0 aliphatic carbocycles. The largest absolute Gasteiger partial charge is 0.473 e. The molecule has 0 spiro atoms. The van der Waals surface area contributed by atoms with Gasteiger partial charge in [-0.25, -0.2) is 9.59 Å². The van der Waals surface area contributed by atoms with Crippen LogP contribution in [0.1, 0.15) is 5.56 Å². The van der Waals surface area contributed by atoms with Crippen molar-refractivity contribution in [2.45, 2.75) is 6.54 Å². The third-order valence-electron chi connectivity index (χ3n) is 2.13.